The molecule has 0 aliphatic carbocycles. The smallest absolute Gasteiger partial charge is 0.244 e. The van der Waals surface area contributed by atoms with Gasteiger partial charge in [-0.25, -0.2) is 14.8 Å². The van der Waals surface area contributed by atoms with Crippen LogP contribution in [0.3, 0.4) is 0 Å². The number of hydrazone groups is 1. The van der Waals surface area contributed by atoms with Crippen molar-refractivity contribution >= 4 is 11.9 Å². The summed E-state index contributed by atoms with van der Waals surface area (Å²) in [6.07, 6.45) is 0. The van der Waals surface area contributed by atoms with E-state index in [9.17, 15) is 4.79 Å². The van der Waals surface area contributed by atoms with Gasteiger partial charge in [-0.2, -0.15) is 0 Å². The van der Waals surface area contributed by atoms with Crippen molar-refractivity contribution in [3.05, 3.63) is 60.2 Å². The lowest BCUT2D eigenvalue weighted by molar-refractivity contribution is 0.104. The van der Waals surface area contributed by atoms with Crippen LogP contribution >= 0.6 is 0 Å². The molecule has 5 heteroatoms. The predicted molar refractivity (Wildman–Crippen MR) is 99.9 cm³/mol. The van der Waals surface area contributed by atoms with Crippen LogP contribution in [0.1, 0.15) is 33.3 Å². The number of hydrogen-bond donors (Lipinski definition) is 0. The Morgan fingerprint density at radius 1 is 0.720 bits per heavy atom. The van der Waals surface area contributed by atoms with E-state index in [0.717, 1.165) is 11.1 Å². The molecular formula is C20H23N4O. The summed E-state index contributed by atoms with van der Waals surface area (Å²) < 4.78 is 0. The van der Waals surface area contributed by atoms with Crippen molar-refractivity contribution in [1.29, 1.82) is 0 Å². The lowest BCUT2D eigenvalue weighted by Gasteiger charge is -2.35. The van der Waals surface area contributed by atoms with Crippen molar-refractivity contribution < 1.29 is 4.79 Å². The molecule has 0 bridgehead atoms. The highest BCUT2D eigenvalue weighted by Gasteiger charge is 2.33. The number of hydrogen-bond acceptors (Lipinski definition) is 2. The van der Waals surface area contributed by atoms with E-state index in [2.05, 4.69) is 34.8 Å². The van der Waals surface area contributed by atoms with Gasteiger partial charge in [0.25, 0.3) is 0 Å². The first kappa shape index (κ1) is 17.0. The van der Waals surface area contributed by atoms with Gasteiger partial charge in [0.1, 0.15) is 0 Å². The van der Waals surface area contributed by atoms with Crippen LogP contribution < -0.4 is 5.43 Å². The van der Waals surface area contributed by atoms with Crippen molar-refractivity contribution in [3.63, 3.8) is 0 Å². The molecule has 3 rings (SSSR count). The van der Waals surface area contributed by atoms with E-state index in [1.54, 1.807) is 0 Å². The Bertz CT molecular complexity index is 766. The van der Waals surface area contributed by atoms with E-state index in [4.69, 9.17) is 0 Å². The van der Waals surface area contributed by atoms with Gasteiger partial charge in [0, 0.05) is 5.56 Å². The number of amides is 2. The summed E-state index contributed by atoms with van der Waals surface area (Å²) in [5, 5.41) is 7.45. The van der Waals surface area contributed by atoms with Crippen molar-refractivity contribution in [3.8, 4) is 11.1 Å². The first-order valence-corrected chi connectivity index (χ1v) is 8.56. The zero-order valence-corrected chi connectivity index (χ0v) is 15.0. The number of rotatable bonds is 4. The molecule has 1 heterocycles. The van der Waals surface area contributed by atoms with E-state index in [1.165, 1.54) is 15.6 Å². The molecule has 0 atom stereocenters. The van der Waals surface area contributed by atoms with Gasteiger partial charge >= 0.3 is 6.03 Å². The molecule has 0 aromatic heterocycles. The van der Waals surface area contributed by atoms with Gasteiger partial charge in [-0.05, 0) is 38.8 Å². The second kappa shape index (κ2) is 6.97. The fourth-order valence-corrected chi connectivity index (χ4v) is 2.65. The average molecular weight is 335 g/mol. The van der Waals surface area contributed by atoms with Gasteiger partial charge in [-0.1, -0.05) is 54.6 Å². The van der Waals surface area contributed by atoms with Crippen molar-refractivity contribution in [2.24, 2.45) is 5.10 Å². The van der Waals surface area contributed by atoms with Crippen LogP contribution in [-0.2, 0) is 0 Å². The van der Waals surface area contributed by atoms with Crippen LogP contribution in [0.25, 0.3) is 11.1 Å². The Labute approximate surface area is 148 Å². The number of nitrogens with zero attached hydrogens (tertiary/aromatic N) is 4. The maximum atomic E-state index is 12.5. The van der Waals surface area contributed by atoms with Crippen LogP contribution in [-0.4, -0.2) is 34.0 Å². The first-order chi connectivity index (χ1) is 12.0. The molecule has 2 amide bonds. The topological polar surface area (TPSA) is 50.0 Å². The highest BCUT2D eigenvalue weighted by atomic mass is 16.2. The third-order valence-corrected chi connectivity index (χ3v) is 4.03. The monoisotopic (exact) mass is 335 g/mol. The molecule has 2 aromatic rings. The minimum absolute atomic E-state index is 0.0251. The highest BCUT2D eigenvalue weighted by Crippen LogP contribution is 2.21. The second-order valence-electron chi connectivity index (χ2n) is 6.63. The van der Waals surface area contributed by atoms with Crippen LogP contribution in [0, 0.1) is 0 Å². The number of carbonyl (C=O) groups excluding carboxylic acids is 1. The maximum Gasteiger partial charge on any atom is 0.361 e. The summed E-state index contributed by atoms with van der Waals surface area (Å²) in [6, 6.07) is 18.1. The average Bonchev–Trinajstić information content (AvgIpc) is 2.62. The summed E-state index contributed by atoms with van der Waals surface area (Å²) in [5.41, 5.74) is 7.66. The minimum atomic E-state index is -0.186. The Morgan fingerprint density at radius 3 is 1.80 bits per heavy atom. The predicted octanol–water partition coefficient (Wildman–Crippen LogP) is 4.09. The molecule has 1 radical (unpaired) electrons. The van der Waals surface area contributed by atoms with Gasteiger partial charge in [0.15, 0.2) is 5.84 Å². The molecule has 1 aliphatic rings. The van der Waals surface area contributed by atoms with E-state index in [-0.39, 0.29) is 18.1 Å². The Hall–Kier alpha value is -2.82. The molecule has 0 saturated carbocycles. The molecule has 2 aromatic carbocycles. The second-order valence-corrected chi connectivity index (χ2v) is 6.63. The van der Waals surface area contributed by atoms with Gasteiger partial charge in [-0.3, -0.25) is 0 Å². The quantitative estimate of drug-likeness (QED) is 0.830. The van der Waals surface area contributed by atoms with E-state index >= 15 is 0 Å². The largest absolute Gasteiger partial charge is 0.361 e. The van der Waals surface area contributed by atoms with Crippen LogP contribution in [0.5, 0.6) is 0 Å². The summed E-state index contributed by atoms with van der Waals surface area (Å²) in [4.78, 5) is 12.5. The summed E-state index contributed by atoms with van der Waals surface area (Å²) in [5.74, 6) is 0.557. The van der Waals surface area contributed by atoms with Crippen LogP contribution in [0.15, 0.2) is 59.7 Å². The van der Waals surface area contributed by atoms with E-state index in [1.807, 2.05) is 58.0 Å². The number of urea groups is 1. The zero-order valence-electron chi connectivity index (χ0n) is 15.0. The van der Waals surface area contributed by atoms with Gasteiger partial charge < -0.3 is 0 Å². The third kappa shape index (κ3) is 3.50. The Kier molecular flexibility index (Phi) is 4.74. The molecule has 0 unspecified atom stereocenters. The summed E-state index contributed by atoms with van der Waals surface area (Å²) in [6.45, 7) is 7.78. The molecule has 0 spiro atoms. The highest BCUT2D eigenvalue weighted by molar-refractivity contribution is 6.01. The Balaban J connectivity index is 1.92. The fraction of sp³-hybridized carbons (Fsp3) is 0.300. The van der Waals surface area contributed by atoms with Crippen molar-refractivity contribution in [2.75, 3.05) is 0 Å². The zero-order chi connectivity index (χ0) is 18.0. The molecule has 0 saturated heterocycles. The Morgan fingerprint density at radius 2 is 1.24 bits per heavy atom. The lowest BCUT2D eigenvalue weighted by atomic mass is 10.0. The molecule has 25 heavy (non-hydrogen) atoms. The number of amidine groups is 1. The van der Waals surface area contributed by atoms with E-state index in [0.29, 0.717) is 5.84 Å². The fourth-order valence-electron chi connectivity index (χ4n) is 2.65. The maximum absolute atomic E-state index is 12.5. The molecule has 129 valence electrons. The lowest BCUT2D eigenvalue weighted by Crippen LogP contribution is -2.56. The summed E-state index contributed by atoms with van der Waals surface area (Å²) >= 11 is 0. The number of benzene rings is 2. The van der Waals surface area contributed by atoms with Crippen LogP contribution in [0.4, 0.5) is 4.79 Å². The van der Waals surface area contributed by atoms with Gasteiger partial charge in [-0.15, -0.1) is 10.5 Å². The summed E-state index contributed by atoms with van der Waals surface area (Å²) in [7, 11) is 0. The molecular weight excluding hydrogens is 312 g/mol. The minimum Gasteiger partial charge on any atom is -0.244 e. The molecule has 5 nitrogen and oxygen atoms in total. The number of carbonyl (C=O) groups is 1. The van der Waals surface area contributed by atoms with Crippen LogP contribution in [0.2, 0.25) is 0 Å². The third-order valence-electron chi connectivity index (χ3n) is 4.03. The van der Waals surface area contributed by atoms with E-state index < -0.39 is 0 Å². The van der Waals surface area contributed by atoms with Gasteiger partial charge in [0.2, 0.25) is 0 Å². The normalized spacial score (nSPS) is 14.8. The van der Waals surface area contributed by atoms with Gasteiger partial charge in [0.05, 0.1) is 12.1 Å². The standard InChI is InChI=1S/C20H23N4O/c1-14(2)23-20(25)24(15(3)4)22-19(21-23)18-12-10-17(11-13-18)16-8-6-5-7-9-16/h5-15H,1-4H3. The molecule has 0 N–H and O–H groups in total. The molecule has 1 aliphatic heterocycles. The SMILES string of the molecule is CC(C)N1[N]C(c2ccc(-c3ccccc3)cc2)=NN(C(C)C)C1=O. The van der Waals surface area contributed by atoms with Crippen molar-refractivity contribution in [1.82, 2.24) is 15.4 Å². The first-order valence-electron chi connectivity index (χ1n) is 8.56. The van der Waals surface area contributed by atoms with Crippen molar-refractivity contribution in [2.45, 2.75) is 39.8 Å². The molecule has 0 fully saturated rings.